The molecule has 0 bridgehead atoms. The van der Waals surface area contributed by atoms with Gasteiger partial charge < -0.3 is 4.74 Å². The zero-order valence-electron chi connectivity index (χ0n) is 9.96. The largest absolute Gasteiger partial charge is 0.376 e. The molecule has 1 rings (SSSR count). The lowest BCUT2D eigenvalue weighted by Gasteiger charge is -2.33. The van der Waals surface area contributed by atoms with Gasteiger partial charge in [-0.2, -0.15) is 0 Å². The maximum atomic E-state index is 5.75. The quantitative estimate of drug-likeness (QED) is 0.698. The van der Waals surface area contributed by atoms with Crippen molar-refractivity contribution < 1.29 is 4.74 Å². The highest BCUT2D eigenvalue weighted by Crippen LogP contribution is 2.12. The highest BCUT2D eigenvalue weighted by Gasteiger charge is 2.19. The second-order valence-corrected chi connectivity index (χ2v) is 4.79. The Morgan fingerprint density at radius 1 is 1.40 bits per heavy atom. The van der Waals surface area contributed by atoms with Crippen molar-refractivity contribution in [2.45, 2.75) is 53.6 Å². The van der Waals surface area contributed by atoms with Crippen LogP contribution in [0.25, 0.3) is 0 Å². The van der Waals surface area contributed by atoms with Crippen molar-refractivity contribution in [3.05, 3.63) is 0 Å². The highest BCUT2D eigenvalue weighted by molar-refractivity contribution is 4.72. The van der Waals surface area contributed by atoms with Crippen molar-refractivity contribution >= 4 is 0 Å². The van der Waals surface area contributed by atoms with Crippen LogP contribution in [0.15, 0.2) is 0 Å². The van der Waals surface area contributed by atoms with Gasteiger partial charge in [-0.3, -0.25) is 4.90 Å². The molecule has 0 aromatic carbocycles. The Morgan fingerprint density at radius 2 is 2.13 bits per heavy atom. The van der Waals surface area contributed by atoms with E-state index in [4.69, 9.17) is 4.74 Å². The minimum absolute atomic E-state index is 0. The van der Waals surface area contributed by atoms with Crippen LogP contribution in [0.3, 0.4) is 0 Å². The molecule has 15 heavy (non-hydrogen) atoms. The lowest BCUT2D eigenvalue weighted by Crippen LogP contribution is -2.43. The fourth-order valence-electron chi connectivity index (χ4n) is 2.07. The molecule has 0 N–H and O–H groups in total. The van der Waals surface area contributed by atoms with Gasteiger partial charge in [0.2, 0.25) is 0 Å². The lowest BCUT2D eigenvalue weighted by atomic mass is 10.1. The van der Waals surface area contributed by atoms with Crippen molar-refractivity contribution in [1.82, 2.24) is 4.90 Å². The summed E-state index contributed by atoms with van der Waals surface area (Å²) >= 11 is 0. The number of rotatable bonds is 5. The molecule has 92 valence electrons. The topological polar surface area (TPSA) is 12.5 Å². The Kier molecular flexibility index (Phi) is 8.07. The molecule has 1 aliphatic rings. The first-order valence-electron chi connectivity index (χ1n) is 6.06. The summed E-state index contributed by atoms with van der Waals surface area (Å²) in [6.45, 7) is 11.3. The van der Waals surface area contributed by atoms with E-state index in [9.17, 15) is 0 Å². The number of unbranched alkanes of at least 4 members (excludes halogenated alkanes) is 1. The van der Waals surface area contributed by atoms with E-state index in [1.54, 1.807) is 0 Å². The molecular weight excluding hydrogens is 186 g/mol. The predicted molar refractivity (Wildman–Crippen MR) is 67.3 cm³/mol. The minimum Gasteiger partial charge on any atom is -0.376 e. The van der Waals surface area contributed by atoms with Crippen LogP contribution < -0.4 is 0 Å². The van der Waals surface area contributed by atoms with Gasteiger partial charge in [0.1, 0.15) is 0 Å². The van der Waals surface area contributed by atoms with Crippen LogP contribution in [0.4, 0.5) is 0 Å². The van der Waals surface area contributed by atoms with E-state index in [-0.39, 0.29) is 7.43 Å². The molecule has 0 amide bonds. The SMILES string of the molecule is C.CCCC[C@@H]1CN(CC(C)C)CCO1. The molecule has 0 aliphatic carbocycles. The van der Waals surface area contributed by atoms with Crippen molar-refractivity contribution in [2.75, 3.05) is 26.2 Å². The van der Waals surface area contributed by atoms with Gasteiger partial charge in [0.15, 0.2) is 0 Å². The van der Waals surface area contributed by atoms with Crippen LogP contribution in [0.5, 0.6) is 0 Å². The van der Waals surface area contributed by atoms with Crippen molar-refractivity contribution in [2.24, 2.45) is 5.92 Å². The lowest BCUT2D eigenvalue weighted by molar-refractivity contribution is -0.0358. The van der Waals surface area contributed by atoms with Crippen LogP contribution in [-0.2, 0) is 4.74 Å². The molecule has 2 nitrogen and oxygen atoms in total. The van der Waals surface area contributed by atoms with Crippen LogP contribution in [0.1, 0.15) is 47.5 Å². The zero-order chi connectivity index (χ0) is 10.4. The molecule has 0 spiro atoms. The molecule has 1 heterocycles. The first-order chi connectivity index (χ1) is 6.72. The minimum atomic E-state index is 0. The maximum Gasteiger partial charge on any atom is 0.0702 e. The molecule has 1 aliphatic heterocycles. The Bertz CT molecular complexity index is 147. The van der Waals surface area contributed by atoms with Gasteiger partial charge in [0.25, 0.3) is 0 Å². The van der Waals surface area contributed by atoms with E-state index in [2.05, 4.69) is 25.7 Å². The molecule has 2 heteroatoms. The van der Waals surface area contributed by atoms with Crippen LogP contribution in [0, 0.1) is 5.92 Å². The van der Waals surface area contributed by atoms with Gasteiger partial charge in [-0.1, -0.05) is 41.0 Å². The first-order valence-corrected chi connectivity index (χ1v) is 6.06. The summed E-state index contributed by atoms with van der Waals surface area (Å²) in [5.41, 5.74) is 0. The van der Waals surface area contributed by atoms with Gasteiger partial charge in [-0.25, -0.2) is 0 Å². The third-order valence-electron chi connectivity index (χ3n) is 2.73. The van der Waals surface area contributed by atoms with E-state index in [1.807, 2.05) is 0 Å². The van der Waals surface area contributed by atoms with Crippen molar-refractivity contribution in [3.63, 3.8) is 0 Å². The number of nitrogens with zero attached hydrogens (tertiary/aromatic N) is 1. The summed E-state index contributed by atoms with van der Waals surface area (Å²) in [6, 6.07) is 0. The monoisotopic (exact) mass is 215 g/mol. The van der Waals surface area contributed by atoms with Gasteiger partial charge in [0.05, 0.1) is 12.7 Å². The summed E-state index contributed by atoms with van der Waals surface area (Å²) in [7, 11) is 0. The number of hydrogen-bond donors (Lipinski definition) is 0. The Labute approximate surface area is 96.0 Å². The molecule has 1 atom stereocenters. The molecule has 0 radical (unpaired) electrons. The summed E-state index contributed by atoms with van der Waals surface area (Å²) in [5, 5.41) is 0. The van der Waals surface area contributed by atoms with E-state index in [0.29, 0.717) is 6.10 Å². The number of ether oxygens (including phenoxy) is 1. The molecule has 1 fully saturated rings. The predicted octanol–water partition coefficient (Wildman–Crippen LogP) is 3.17. The van der Waals surface area contributed by atoms with E-state index >= 15 is 0 Å². The Balaban J connectivity index is 0.00000196. The molecular formula is C13H29NO. The standard InChI is InChI=1S/C12H25NO.CH4/c1-4-5-6-12-10-13(7-8-14-12)9-11(2)3;/h11-12H,4-10H2,1-3H3;1H4/t12-;/m1./s1. The Morgan fingerprint density at radius 3 is 2.73 bits per heavy atom. The first kappa shape index (κ1) is 14.9. The molecule has 0 aromatic rings. The highest BCUT2D eigenvalue weighted by atomic mass is 16.5. The average Bonchev–Trinajstić information content (AvgIpc) is 2.14. The average molecular weight is 215 g/mol. The third kappa shape index (κ3) is 6.16. The normalized spacial score (nSPS) is 22.8. The fourth-order valence-corrected chi connectivity index (χ4v) is 2.07. The maximum absolute atomic E-state index is 5.75. The second-order valence-electron chi connectivity index (χ2n) is 4.79. The number of hydrogen-bond acceptors (Lipinski definition) is 2. The van der Waals surface area contributed by atoms with Crippen LogP contribution >= 0.6 is 0 Å². The number of morpholine rings is 1. The third-order valence-corrected chi connectivity index (χ3v) is 2.73. The van der Waals surface area contributed by atoms with Crippen LogP contribution in [0.2, 0.25) is 0 Å². The van der Waals surface area contributed by atoms with Gasteiger partial charge in [-0.15, -0.1) is 0 Å². The van der Waals surface area contributed by atoms with Gasteiger partial charge in [-0.05, 0) is 12.3 Å². The Hall–Kier alpha value is -0.0800. The molecule has 0 saturated carbocycles. The van der Waals surface area contributed by atoms with E-state index < -0.39 is 0 Å². The van der Waals surface area contributed by atoms with Gasteiger partial charge in [0, 0.05) is 19.6 Å². The molecule has 0 unspecified atom stereocenters. The molecule has 0 aromatic heterocycles. The smallest absolute Gasteiger partial charge is 0.0702 e. The van der Waals surface area contributed by atoms with Gasteiger partial charge >= 0.3 is 0 Å². The zero-order valence-corrected chi connectivity index (χ0v) is 9.96. The van der Waals surface area contributed by atoms with Crippen LogP contribution in [-0.4, -0.2) is 37.2 Å². The summed E-state index contributed by atoms with van der Waals surface area (Å²) in [6.07, 6.45) is 4.33. The fraction of sp³-hybridized carbons (Fsp3) is 1.00. The van der Waals surface area contributed by atoms with E-state index in [0.717, 1.165) is 25.6 Å². The molecule has 1 saturated heterocycles. The van der Waals surface area contributed by atoms with Crippen molar-refractivity contribution in [3.8, 4) is 0 Å². The van der Waals surface area contributed by atoms with Crippen molar-refractivity contribution in [1.29, 1.82) is 0 Å². The summed E-state index contributed by atoms with van der Waals surface area (Å²) < 4.78 is 5.75. The second kappa shape index (κ2) is 8.12. The summed E-state index contributed by atoms with van der Waals surface area (Å²) in [4.78, 5) is 2.55. The summed E-state index contributed by atoms with van der Waals surface area (Å²) in [5.74, 6) is 0.778. The van der Waals surface area contributed by atoms with E-state index in [1.165, 1.54) is 25.8 Å².